The van der Waals surface area contributed by atoms with Gasteiger partial charge in [-0.25, -0.2) is 0 Å². The maximum atomic E-state index is 5.61. The minimum absolute atomic E-state index is 0.0642. The lowest BCUT2D eigenvalue weighted by molar-refractivity contribution is 0.702. The molecule has 0 aromatic rings. The summed E-state index contributed by atoms with van der Waals surface area (Å²) >= 11 is 0. The second kappa shape index (κ2) is 1.24. The molecule has 0 bridgehead atoms. The van der Waals surface area contributed by atoms with E-state index < -0.39 is 0 Å². The highest BCUT2D eigenvalue weighted by Gasteiger charge is 2.36. The van der Waals surface area contributed by atoms with Crippen molar-refractivity contribution >= 4 is 0 Å². The number of hydrogen-bond donors (Lipinski definition) is 1. The van der Waals surface area contributed by atoms with E-state index in [1.807, 2.05) is 0 Å². The number of rotatable bonds is 1. The van der Waals surface area contributed by atoms with E-state index >= 15 is 0 Å². The minimum atomic E-state index is 0.0642. The zero-order chi connectivity index (χ0) is 5.33. The summed E-state index contributed by atoms with van der Waals surface area (Å²) in [6, 6.07) is 0. The molecule has 0 unspecified atom stereocenters. The van der Waals surface area contributed by atoms with Crippen molar-refractivity contribution in [3.63, 3.8) is 0 Å². The van der Waals surface area contributed by atoms with Crippen LogP contribution in [0.1, 0.15) is 19.3 Å². The number of terminal acetylenes is 1. The first kappa shape index (κ1) is 4.67. The zero-order valence-corrected chi connectivity index (χ0v) is 4.28. The van der Waals surface area contributed by atoms with Gasteiger partial charge in [0.25, 0.3) is 0 Å². The predicted octanol–water partition coefficient (Wildman–Crippen LogP) is 0.501. The van der Waals surface area contributed by atoms with E-state index in [2.05, 4.69) is 5.92 Å². The normalized spacial score (nSPS) is 23.4. The van der Waals surface area contributed by atoms with E-state index in [4.69, 9.17) is 12.2 Å². The van der Waals surface area contributed by atoms with Gasteiger partial charge in [0.1, 0.15) is 0 Å². The molecule has 0 aromatic heterocycles. The average molecular weight is 95.1 g/mol. The van der Waals surface area contributed by atoms with Crippen molar-refractivity contribution in [3.8, 4) is 12.3 Å². The summed E-state index contributed by atoms with van der Waals surface area (Å²) in [7, 11) is 0. The van der Waals surface area contributed by atoms with Crippen LogP contribution >= 0.6 is 0 Å². The van der Waals surface area contributed by atoms with Gasteiger partial charge in [0.2, 0.25) is 0 Å². The summed E-state index contributed by atoms with van der Waals surface area (Å²) in [5.41, 5.74) is 5.68. The van der Waals surface area contributed by atoms with Gasteiger partial charge in [-0.05, 0) is 12.8 Å². The first-order valence-electron chi connectivity index (χ1n) is 2.49. The van der Waals surface area contributed by atoms with E-state index in [1.54, 1.807) is 0 Å². The highest BCUT2D eigenvalue weighted by Crippen LogP contribution is 2.34. The molecule has 1 aliphatic carbocycles. The molecule has 38 valence electrons. The molecule has 0 saturated heterocycles. The fraction of sp³-hybridized carbons (Fsp3) is 0.667. The Morgan fingerprint density at radius 2 is 2.29 bits per heavy atom. The molecule has 2 N–H and O–H groups in total. The molecule has 1 rings (SSSR count). The van der Waals surface area contributed by atoms with Crippen molar-refractivity contribution < 1.29 is 0 Å². The van der Waals surface area contributed by atoms with Crippen LogP contribution in [0.3, 0.4) is 0 Å². The largest absolute Gasteiger partial charge is 0.324 e. The van der Waals surface area contributed by atoms with Crippen LogP contribution in [0.2, 0.25) is 0 Å². The van der Waals surface area contributed by atoms with E-state index in [1.165, 1.54) is 0 Å². The second-order valence-corrected chi connectivity index (χ2v) is 2.24. The van der Waals surface area contributed by atoms with Crippen LogP contribution in [0.5, 0.6) is 0 Å². The summed E-state index contributed by atoms with van der Waals surface area (Å²) in [6.45, 7) is 0. The van der Waals surface area contributed by atoms with Crippen LogP contribution in [-0.2, 0) is 0 Å². The summed E-state index contributed by atoms with van der Waals surface area (Å²) in [6.07, 6.45) is 8.03. The molecule has 1 aliphatic rings. The molecule has 1 saturated carbocycles. The van der Waals surface area contributed by atoms with Crippen LogP contribution in [0.25, 0.3) is 0 Å². The van der Waals surface area contributed by atoms with Crippen molar-refractivity contribution in [2.75, 3.05) is 0 Å². The molecule has 0 aliphatic heterocycles. The van der Waals surface area contributed by atoms with Gasteiger partial charge in [-0.1, -0.05) is 0 Å². The summed E-state index contributed by atoms with van der Waals surface area (Å²) in [5.74, 6) is 2.55. The maximum Gasteiger partial charge on any atom is 0.0267 e. The number of nitrogens with two attached hydrogens (primary N) is 1. The molecule has 0 atom stereocenters. The molecule has 0 aromatic carbocycles. The minimum Gasteiger partial charge on any atom is -0.324 e. The second-order valence-electron chi connectivity index (χ2n) is 2.24. The Balaban J connectivity index is 2.30. The molecule has 0 spiro atoms. The first-order chi connectivity index (χ1) is 3.27. The van der Waals surface area contributed by atoms with Crippen LogP contribution in [0.4, 0.5) is 0 Å². The molecule has 0 radical (unpaired) electrons. The third kappa shape index (κ3) is 0.942. The van der Waals surface area contributed by atoms with E-state index in [0.29, 0.717) is 0 Å². The Labute approximate surface area is 43.9 Å². The molecule has 7 heavy (non-hydrogen) atoms. The van der Waals surface area contributed by atoms with Gasteiger partial charge in [-0.15, -0.1) is 12.3 Å². The van der Waals surface area contributed by atoms with E-state index in [-0.39, 0.29) is 5.54 Å². The van der Waals surface area contributed by atoms with E-state index in [9.17, 15) is 0 Å². The van der Waals surface area contributed by atoms with Gasteiger partial charge in [0.15, 0.2) is 0 Å². The van der Waals surface area contributed by atoms with Crippen molar-refractivity contribution in [1.29, 1.82) is 0 Å². The Bertz CT molecular complexity index is 106. The van der Waals surface area contributed by atoms with Gasteiger partial charge in [-0.2, -0.15) is 0 Å². The van der Waals surface area contributed by atoms with Crippen LogP contribution in [-0.4, -0.2) is 5.54 Å². The zero-order valence-electron chi connectivity index (χ0n) is 4.28. The average Bonchev–Trinajstić information content (AvgIpc) is 2.22. The number of hydrogen-bond acceptors (Lipinski definition) is 1. The summed E-state index contributed by atoms with van der Waals surface area (Å²) in [4.78, 5) is 0. The Morgan fingerprint density at radius 1 is 1.71 bits per heavy atom. The first-order valence-corrected chi connectivity index (χ1v) is 2.49. The molecule has 1 fully saturated rings. The lowest BCUT2D eigenvalue weighted by Gasteiger charge is -1.97. The van der Waals surface area contributed by atoms with Gasteiger partial charge in [0.05, 0.1) is 0 Å². The summed E-state index contributed by atoms with van der Waals surface area (Å²) in [5, 5.41) is 0. The topological polar surface area (TPSA) is 26.0 Å². The molecular formula is C6H9N. The molecule has 1 nitrogen and oxygen atoms in total. The monoisotopic (exact) mass is 95.1 g/mol. The Kier molecular flexibility index (Phi) is 0.831. The molecule has 0 amide bonds. The molecule has 0 heterocycles. The third-order valence-electron chi connectivity index (χ3n) is 1.35. The fourth-order valence-corrected chi connectivity index (χ4v) is 0.541. The fourth-order valence-electron chi connectivity index (χ4n) is 0.541. The Hall–Kier alpha value is -0.480. The standard InChI is InChI=1S/C6H9N/c1-2-3-6(7)4-5-6/h1H,3-5,7H2. The lowest BCUT2D eigenvalue weighted by Crippen LogP contribution is -2.19. The van der Waals surface area contributed by atoms with Gasteiger partial charge in [0, 0.05) is 12.0 Å². The van der Waals surface area contributed by atoms with Crippen LogP contribution in [0.15, 0.2) is 0 Å². The van der Waals surface area contributed by atoms with Crippen molar-refractivity contribution in [3.05, 3.63) is 0 Å². The highest BCUT2D eigenvalue weighted by molar-refractivity contribution is 5.07. The van der Waals surface area contributed by atoms with Gasteiger partial charge >= 0.3 is 0 Å². The maximum absolute atomic E-state index is 5.61. The Morgan fingerprint density at radius 3 is 2.43 bits per heavy atom. The van der Waals surface area contributed by atoms with Crippen molar-refractivity contribution in [2.24, 2.45) is 5.73 Å². The van der Waals surface area contributed by atoms with Gasteiger partial charge < -0.3 is 5.73 Å². The molecular weight excluding hydrogens is 86.1 g/mol. The highest BCUT2D eigenvalue weighted by atomic mass is 14.8. The summed E-state index contributed by atoms with van der Waals surface area (Å²) < 4.78 is 0. The van der Waals surface area contributed by atoms with Gasteiger partial charge in [-0.3, -0.25) is 0 Å². The van der Waals surface area contributed by atoms with Crippen LogP contribution < -0.4 is 5.73 Å². The van der Waals surface area contributed by atoms with Crippen LogP contribution in [0, 0.1) is 12.3 Å². The predicted molar refractivity (Wildman–Crippen MR) is 29.6 cm³/mol. The smallest absolute Gasteiger partial charge is 0.0267 e. The molecule has 1 heteroatoms. The third-order valence-corrected chi connectivity index (χ3v) is 1.35. The van der Waals surface area contributed by atoms with Crippen molar-refractivity contribution in [2.45, 2.75) is 24.8 Å². The quantitative estimate of drug-likeness (QED) is 0.471. The SMILES string of the molecule is C#CCC1(N)CC1. The lowest BCUT2D eigenvalue weighted by atomic mass is 10.2. The van der Waals surface area contributed by atoms with E-state index in [0.717, 1.165) is 19.3 Å². The van der Waals surface area contributed by atoms with Crippen molar-refractivity contribution in [1.82, 2.24) is 0 Å².